The Kier molecular flexibility index (Phi) is 4.33. The second kappa shape index (κ2) is 6.95. The number of hydrogen-bond donors (Lipinski definition) is 0. The molecule has 0 saturated carbocycles. The molecule has 0 bridgehead atoms. The molecule has 0 spiro atoms. The molecule has 0 aliphatic heterocycles. The van der Waals surface area contributed by atoms with Gasteiger partial charge in [0.05, 0.1) is 12.8 Å². The second-order valence-electron chi connectivity index (χ2n) is 5.97. The van der Waals surface area contributed by atoms with Crippen molar-refractivity contribution in [2.24, 2.45) is 0 Å². The van der Waals surface area contributed by atoms with Crippen LogP contribution in [0.3, 0.4) is 0 Å². The van der Waals surface area contributed by atoms with Crippen LogP contribution in [-0.2, 0) is 11.3 Å². The molecule has 0 unspecified atom stereocenters. The summed E-state index contributed by atoms with van der Waals surface area (Å²) in [5, 5.41) is 3.97. The Morgan fingerprint density at radius 3 is 2.93 bits per heavy atom. The molecule has 136 valence electrons. The summed E-state index contributed by atoms with van der Waals surface area (Å²) in [6.45, 7) is 1.78. The van der Waals surface area contributed by atoms with Crippen LogP contribution in [0, 0.1) is 6.92 Å². The zero-order valence-corrected chi connectivity index (χ0v) is 14.9. The van der Waals surface area contributed by atoms with Gasteiger partial charge in [0.15, 0.2) is 11.5 Å². The van der Waals surface area contributed by atoms with Gasteiger partial charge in [0.2, 0.25) is 0 Å². The molecule has 4 rings (SSSR count). The maximum absolute atomic E-state index is 12.5. The molecule has 0 N–H and O–H groups in total. The van der Waals surface area contributed by atoms with Crippen LogP contribution in [0.1, 0.15) is 21.9 Å². The largest absolute Gasteiger partial charge is 0.497 e. The van der Waals surface area contributed by atoms with Crippen molar-refractivity contribution in [1.82, 2.24) is 14.5 Å². The van der Waals surface area contributed by atoms with E-state index in [9.17, 15) is 4.79 Å². The van der Waals surface area contributed by atoms with Crippen molar-refractivity contribution in [3.63, 3.8) is 0 Å². The van der Waals surface area contributed by atoms with Gasteiger partial charge in [-0.2, -0.15) is 0 Å². The maximum Gasteiger partial charge on any atom is 0.357 e. The molecular formula is C20H17N3O4. The quantitative estimate of drug-likeness (QED) is 0.504. The molecule has 7 heteroatoms. The number of esters is 1. The van der Waals surface area contributed by atoms with Crippen molar-refractivity contribution in [3.8, 4) is 17.1 Å². The fourth-order valence-corrected chi connectivity index (χ4v) is 2.86. The van der Waals surface area contributed by atoms with Gasteiger partial charge >= 0.3 is 5.97 Å². The van der Waals surface area contributed by atoms with E-state index < -0.39 is 5.97 Å². The molecule has 0 radical (unpaired) electrons. The second-order valence-corrected chi connectivity index (χ2v) is 5.97. The van der Waals surface area contributed by atoms with E-state index in [-0.39, 0.29) is 6.61 Å². The number of aryl methyl sites for hydroxylation is 1. The molecule has 0 aliphatic rings. The van der Waals surface area contributed by atoms with E-state index in [1.165, 1.54) is 0 Å². The smallest absolute Gasteiger partial charge is 0.357 e. The zero-order valence-electron chi connectivity index (χ0n) is 14.9. The standard InChI is InChI=1S/C20H17N3O4/c1-13-19(23-9-4-3-8-18(23)21-13)20(24)26-12-15-11-17(27-22-15)14-6-5-7-16(10-14)25-2/h3-11H,12H2,1-2H3. The lowest BCUT2D eigenvalue weighted by Crippen LogP contribution is -2.09. The van der Waals surface area contributed by atoms with E-state index >= 15 is 0 Å². The number of aromatic nitrogens is 3. The highest BCUT2D eigenvalue weighted by Gasteiger charge is 2.18. The first-order valence-corrected chi connectivity index (χ1v) is 8.36. The molecule has 27 heavy (non-hydrogen) atoms. The minimum Gasteiger partial charge on any atom is -0.497 e. The summed E-state index contributed by atoms with van der Waals surface area (Å²) in [7, 11) is 1.60. The maximum atomic E-state index is 12.5. The Balaban J connectivity index is 1.50. The molecular weight excluding hydrogens is 346 g/mol. The highest BCUT2D eigenvalue weighted by molar-refractivity contribution is 5.90. The number of rotatable bonds is 5. The highest BCUT2D eigenvalue weighted by atomic mass is 16.5. The van der Waals surface area contributed by atoms with E-state index in [1.54, 1.807) is 30.7 Å². The van der Waals surface area contributed by atoms with Gasteiger partial charge in [-0.25, -0.2) is 9.78 Å². The molecule has 7 nitrogen and oxygen atoms in total. The first-order valence-electron chi connectivity index (χ1n) is 8.36. The SMILES string of the molecule is COc1cccc(-c2cc(COC(=O)c3c(C)nc4ccccn34)no2)c1. The Morgan fingerprint density at radius 2 is 2.07 bits per heavy atom. The summed E-state index contributed by atoms with van der Waals surface area (Å²) in [6, 6.07) is 14.7. The van der Waals surface area contributed by atoms with Crippen molar-refractivity contribution in [2.75, 3.05) is 7.11 Å². The summed E-state index contributed by atoms with van der Waals surface area (Å²) < 4.78 is 17.7. The highest BCUT2D eigenvalue weighted by Crippen LogP contribution is 2.24. The van der Waals surface area contributed by atoms with Gasteiger partial charge < -0.3 is 14.0 Å². The third-order valence-electron chi connectivity index (χ3n) is 4.16. The van der Waals surface area contributed by atoms with Crippen molar-refractivity contribution >= 4 is 11.6 Å². The van der Waals surface area contributed by atoms with Crippen LogP contribution in [0.25, 0.3) is 17.0 Å². The molecule has 1 aromatic carbocycles. The number of ether oxygens (including phenoxy) is 2. The normalized spacial score (nSPS) is 10.9. The number of benzene rings is 1. The Bertz CT molecular complexity index is 1110. The zero-order chi connectivity index (χ0) is 18.8. The third kappa shape index (κ3) is 3.27. The van der Waals surface area contributed by atoms with Crippen LogP contribution in [0.5, 0.6) is 5.75 Å². The minimum atomic E-state index is -0.461. The summed E-state index contributed by atoms with van der Waals surface area (Å²) >= 11 is 0. The summed E-state index contributed by atoms with van der Waals surface area (Å²) in [5.74, 6) is 0.836. The van der Waals surface area contributed by atoms with Gasteiger partial charge in [-0.05, 0) is 31.2 Å². The number of carbonyl (C=O) groups excluding carboxylic acids is 1. The van der Waals surface area contributed by atoms with E-state index in [0.29, 0.717) is 28.5 Å². The number of carbonyl (C=O) groups is 1. The van der Waals surface area contributed by atoms with Crippen LogP contribution in [-0.4, -0.2) is 27.6 Å². The predicted molar refractivity (Wildman–Crippen MR) is 97.5 cm³/mol. The molecule has 0 amide bonds. The lowest BCUT2D eigenvalue weighted by molar-refractivity contribution is 0.0455. The van der Waals surface area contributed by atoms with Crippen molar-refractivity contribution in [2.45, 2.75) is 13.5 Å². The molecule has 0 atom stereocenters. The first kappa shape index (κ1) is 16.8. The lowest BCUT2D eigenvalue weighted by atomic mass is 10.1. The average molecular weight is 363 g/mol. The van der Waals surface area contributed by atoms with E-state index in [1.807, 2.05) is 42.5 Å². The molecule has 0 fully saturated rings. The first-order chi connectivity index (χ1) is 13.2. The molecule has 4 aromatic rings. The Hall–Kier alpha value is -3.61. The number of imidazole rings is 1. The van der Waals surface area contributed by atoms with Crippen LogP contribution < -0.4 is 4.74 Å². The van der Waals surface area contributed by atoms with Crippen LogP contribution in [0.2, 0.25) is 0 Å². The van der Waals surface area contributed by atoms with E-state index in [2.05, 4.69) is 10.1 Å². The number of fused-ring (bicyclic) bond motifs is 1. The van der Waals surface area contributed by atoms with Crippen molar-refractivity contribution in [1.29, 1.82) is 0 Å². The number of nitrogens with zero attached hydrogens (tertiary/aromatic N) is 3. The topological polar surface area (TPSA) is 78.9 Å². The lowest BCUT2D eigenvalue weighted by Gasteiger charge is -2.03. The monoisotopic (exact) mass is 363 g/mol. The van der Waals surface area contributed by atoms with Gasteiger partial charge in [0, 0.05) is 17.8 Å². The van der Waals surface area contributed by atoms with Crippen LogP contribution >= 0.6 is 0 Å². The average Bonchev–Trinajstić information content (AvgIpc) is 3.30. The van der Waals surface area contributed by atoms with Crippen LogP contribution in [0.4, 0.5) is 0 Å². The van der Waals surface area contributed by atoms with Gasteiger partial charge in [-0.1, -0.05) is 23.4 Å². The van der Waals surface area contributed by atoms with E-state index in [4.69, 9.17) is 14.0 Å². The van der Waals surface area contributed by atoms with Gasteiger partial charge in [-0.3, -0.25) is 4.40 Å². The van der Waals surface area contributed by atoms with E-state index in [0.717, 1.165) is 11.3 Å². The van der Waals surface area contributed by atoms with Gasteiger partial charge in [0.1, 0.15) is 23.7 Å². The fourth-order valence-electron chi connectivity index (χ4n) is 2.86. The molecule has 3 heterocycles. The fraction of sp³-hybridized carbons (Fsp3) is 0.150. The van der Waals surface area contributed by atoms with Gasteiger partial charge in [0.25, 0.3) is 0 Å². The molecule has 0 aliphatic carbocycles. The summed E-state index contributed by atoms with van der Waals surface area (Å²) in [5.41, 5.74) is 3.07. The minimum absolute atomic E-state index is 0.00576. The summed E-state index contributed by atoms with van der Waals surface area (Å²) in [6.07, 6.45) is 1.78. The number of methoxy groups -OCH3 is 1. The van der Waals surface area contributed by atoms with Crippen LogP contribution in [0.15, 0.2) is 59.3 Å². The molecule has 0 saturated heterocycles. The van der Waals surface area contributed by atoms with Gasteiger partial charge in [-0.15, -0.1) is 0 Å². The number of pyridine rings is 1. The Morgan fingerprint density at radius 1 is 1.19 bits per heavy atom. The summed E-state index contributed by atoms with van der Waals surface area (Å²) in [4.78, 5) is 16.9. The number of hydrogen-bond acceptors (Lipinski definition) is 6. The Labute approximate surface area is 155 Å². The molecule has 3 aromatic heterocycles. The van der Waals surface area contributed by atoms with Crippen molar-refractivity contribution in [3.05, 3.63) is 71.8 Å². The third-order valence-corrected chi connectivity index (χ3v) is 4.16. The van der Waals surface area contributed by atoms with Crippen molar-refractivity contribution < 1.29 is 18.8 Å². The predicted octanol–water partition coefficient (Wildman–Crippen LogP) is 3.66.